The molecule has 1 saturated carbocycles. The summed E-state index contributed by atoms with van der Waals surface area (Å²) in [6.45, 7) is 0.384. The van der Waals surface area contributed by atoms with Gasteiger partial charge in [0.15, 0.2) is 5.96 Å². The van der Waals surface area contributed by atoms with E-state index in [0.29, 0.717) is 29.4 Å². The molecular weight excluding hydrogens is 300 g/mol. The van der Waals surface area contributed by atoms with E-state index in [2.05, 4.69) is 21.9 Å². The van der Waals surface area contributed by atoms with E-state index in [0.717, 1.165) is 12.8 Å². The van der Waals surface area contributed by atoms with E-state index in [1.54, 1.807) is 25.2 Å². The van der Waals surface area contributed by atoms with Gasteiger partial charge in [0.2, 0.25) is 0 Å². The first-order valence-electron chi connectivity index (χ1n) is 7.36. The number of guanidine groups is 1. The molecule has 1 aliphatic rings. The number of nitro groups is 1. The van der Waals surface area contributed by atoms with Gasteiger partial charge < -0.3 is 10.6 Å². The average molecular weight is 322 g/mol. The highest BCUT2D eigenvalue weighted by Gasteiger charge is 2.24. The van der Waals surface area contributed by atoms with Gasteiger partial charge in [-0.1, -0.05) is 18.2 Å². The summed E-state index contributed by atoms with van der Waals surface area (Å²) in [7, 11) is 1.72. The molecule has 120 valence electrons. The summed E-state index contributed by atoms with van der Waals surface area (Å²) in [5.41, 5.74) is 0.789. The van der Waals surface area contributed by atoms with Crippen LogP contribution in [-0.2, 0) is 6.54 Å². The molecule has 1 aromatic carbocycles. The van der Waals surface area contributed by atoms with Crippen LogP contribution >= 0.6 is 11.8 Å². The highest BCUT2D eigenvalue weighted by Crippen LogP contribution is 2.28. The van der Waals surface area contributed by atoms with Gasteiger partial charge in [0.25, 0.3) is 5.69 Å². The molecule has 0 amide bonds. The fourth-order valence-electron chi connectivity index (χ4n) is 2.69. The lowest BCUT2D eigenvalue weighted by atomic mass is 10.2. The van der Waals surface area contributed by atoms with E-state index < -0.39 is 0 Å². The molecule has 0 bridgehead atoms. The molecule has 0 spiro atoms. The van der Waals surface area contributed by atoms with Crippen LogP contribution in [0.5, 0.6) is 0 Å². The summed E-state index contributed by atoms with van der Waals surface area (Å²) in [6.07, 6.45) is 5.64. The van der Waals surface area contributed by atoms with Gasteiger partial charge in [-0.25, -0.2) is 0 Å². The van der Waals surface area contributed by atoms with Crippen molar-refractivity contribution in [1.29, 1.82) is 0 Å². The Labute approximate surface area is 134 Å². The van der Waals surface area contributed by atoms with E-state index in [-0.39, 0.29) is 10.6 Å². The first-order chi connectivity index (χ1) is 10.6. The molecule has 22 heavy (non-hydrogen) atoms. The minimum atomic E-state index is -0.354. The Bertz CT molecular complexity index is 550. The van der Waals surface area contributed by atoms with Crippen molar-refractivity contribution >= 4 is 23.4 Å². The Morgan fingerprint density at radius 3 is 2.86 bits per heavy atom. The number of benzene rings is 1. The highest BCUT2D eigenvalue weighted by molar-refractivity contribution is 7.99. The minimum absolute atomic E-state index is 0.133. The lowest BCUT2D eigenvalue weighted by molar-refractivity contribution is -0.385. The fraction of sp³-hybridized carbons (Fsp3) is 0.533. The van der Waals surface area contributed by atoms with Crippen molar-refractivity contribution < 1.29 is 4.92 Å². The number of aliphatic imine (C=N–C) groups is 1. The van der Waals surface area contributed by atoms with E-state index in [1.807, 2.05) is 11.8 Å². The quantitative estimate of drug-likeness (QED) is 0.377. The molecule has 0 aliphatic heterocycles. The molecule has 2 unspecified atom stereocenters. The van der Waals surface area contributed by atoms with Crippen molar-refractivity contribution in [3.05, 3.63) is 39.9 Å². The van der Waals surface area contributed by atoms with Gasteiger partial charge in [-0.3, -0.25) is 15.1 Å². The molecule has 1 aromatic rings. The van der Waals surface area contributed by atoms with Gasteiger partial charge in [-0.2, -0.15) is 11.8 Å². The summed E-state index contributed by atoms with van der Waals surface area (Å²) >= 11 is 1.91. The number of rotatable bonds is 5. The van der Waals surface area contributed by atoms with Gasteiger partial charge in [-0.05, 0) is 25.5 Å². The number of thioether (sulfide) groups is 1. The van der Waals surface area contributed by atoms with Crippen LogP contribution in [0, 0.1) is 10.1 Å². The van der Waals surface area contributed by atoms with Crippen molar-refractivity contribution in [3.8, 4) is 0 Å². The molecule has 0 aromatic heterocycles. The summed E-state index contributed by atoms with van der Waals surface area (Å²) < 4.78 is 0. The maximum Gasteiger partial charge on any atom is 0.274 e. The molecule has 2 rings (SSSR count). The Kier molecular flexibility index (Phi) is 6.06. The molecule has 0 saturated heterocycles. The second-order valence-electron chi connectivity index (χ2n) is 5.32. The number of para-hydroxylation sites is 1. The zero-order valence-corrected chi connectivity index (χ0v) is 13.7. The smallest absolute Gasteiger partial charge is 0.274 e. The number of nitro benzene ring substituents is 1. The molecule has 2 atom stereocenters. The molecule has 0 radical (unpaired) electrons. The summed E-state index contributed by atoms with van der Waals surface area (Å²) in [4.78, 5) is 14.9. The molecule has 7 heteroatoms. The third-order valence-electron chi connectivity index (χ3n) is 3.92. The topological polar surface area (TPSA) is 79.6 Å². The first kappa shape index (κ1) is 16.6. The van der Waals surface area contributed by atoms with E-state index in [1.165, 1.54) is 12.5 Å². The normalized spacial score (nSPS) is 21.6. The van der Waals surface area contributed by atoms with Crippen LogP contribution < -0.4 is 10.6 Å². The number of nitrogens with one attached hydrogen (secondary N) is 2. The minimum Gasteiger partial charge on any atom is -0.354 e. The van der Waals surface area contributed by atoms with Crippen LogP contribution in [0.15, 0.2) is 29.3 Å². The average Bonchev–Trinajstić information content (AvgIpc) is 2.99. The second-order valence-corrected chi connectivity index (χ2v) is 6.46. The van der Waals surface area contributed by atoms with Crippen LogP contribution in [0.2, 0.25) is 0 Å². The maximum atomic E-state index is 11.0. The number of nitrogens with zero attached hydrogens (tertiary/aromatic N) is 2. The maximum absolute atomic E-state index is 11.0. The third kappa shape index (κ3) is 4.37. The second kappa shape index (κ2) is 8.03. The molecule has 2 N–H and O–H groups in total. The van der Waals surface area contributed by atoms with Crippen LogP contribution in [0.4, 0.5) is 5.69 Å². The largest absolute Gasteiger partial charge is 0.354 e. The van der Waals surface area contributed by atoms with E-state index >= 15 is 0 Å². The Morgan fingerprint density at radius 1 is 1.45 bits per heavy atom. The van der Waals surface area contributed by atoms with Crippen molar-refractivity contribution in [2.75, 3.05) is 13.3 Å². The van der Waals surface area contributed by atoms with Gasteiger partial charge in [0.05, 0.1) is 4.92 Å². The van der Waals surface area contributed by atoms with Crippen LogP contribution in [0.25, 0.3) is 0 Å². The van der Waals surface area contributed by atoms with Crippen molar-refractivity contribution in [2.24, 2.45) is 4.99 Å². The molecule has 6 nitrogen and oxygen atoms in total. The monoisotopic (exact) mass is 322 g/mol. The molecule has 1 fully saturated rings. The summed E-state index contributed by atoms with van der Waals surface area (Å²) in [5, 5.41) is 18.3. The van der Waals surface area contributed by atoms with Crippen molar-refractivity contribution in [1.82, 2.24) is 10.6 Å². The van der Waals surface area contributed by atoms with Crippen LogP contribution in [0.3, 0.4) is 0 Å². The fourth-order valence-corrected chi connectivity index (χ4v) is 3.49. The molecule has 0 heterocycles. The SMILES string of the molecule is CN=C(NCc1ccccc1[N+](=O)[O-])NC1CCC(SC)C1. The van der Waals surface area contributed by atoms with Crippen LogP contribution in [0.1, 0.15) is 24.8 Å². The summed E-state index contributed by atoms with van der Waals surface area (Å²) in [6, 6.07) is 7.19. The van der Waals surface area contributed by atoms with Gasteiger partial charge in [-0.15, -0.1) is 0 Å². The van der Waals surface area contributed by atoms with E-state index in [9.17, 15) is 10.1 Å². The van der Waals surface area contributed by atoms with Crippen molar-refractivity contribution in [2.45, 2.75) is 37.1 Å². The standard InChI is InChI=1S/C15H22N4O2S/c1-16-15(18-12-7-8-13(9-12)22-2)17-10-11-5-3-4-6-14(11)19(20)21/h3-6,12-13H,7-10H2,1-2H3,(H2,16,17,18). The zero-order valence-electron chi connectivity index (χ0n) is 12.9. The number of hydrogen-bond donors (Lipinski definition) is 2. The Balaban J connectivity index is 1.91. The first-order valence-corrected chi connectivity index (χ1v) is 8.65. The lowest BCUT2D eigenvalue weighted by Crippen LogP contribution is -2.42. The van der Waals surface area contributed by atoms with Gasteiger partial charge in [0, 0.05) is 36.5 Å². The highest BCUT2D eigenvalue weighted by atomic mass is 32.2. The Hall–Kier alpha value is -1.76. The Morgan fingerprint density at radius 2 is 2.23 bits per heavy atom. The van der Waals surface area contributed by atoms with Gasteiger partial charge in [0.1, 0.15) is 0 Å². The van der Waals surface area contributed by atoms with E-state index in [4.69, 9.17) is 0 Å². The predicted molar refractivity (Wildman–Crippen MR) is 91.4 cm³/mol. The molecule has 1 aliphatic carbocycles. The third-order valence-corrected chi connectivity index (χ3v) is 5.01. The van der Waals surface area contributed by atoms with Crippen LogP contribution in [-0.4, -0.2) is 35.5 Å². The summed E-state index contributed by atoms with van der Waals surface area (Å²) in [5.74, 6) is 0.699. The van der Waals surface area contributed by atoms with Gasteiger partial charge >= 0.3 is 0 Å². The number of hydrogen-bond acceptors (Lipinski definition) is 4. The zero-order chi connectivity index (χ0) is 15.9. The molecular formula is C15H22N4O2S. The predicted octanol–water partition coefficient (Wildman–Crippen LogP) is 2.54. The van der Waals surface area contributed by atoms with Crippen molar-refractivity contribution in [3.63, 3.8) is 0 Å². The lowest BCUT2D eigenvalue weighted by Gasteiger charge is -2.17.